The van der Waals surface area contributed by atoms with Gasteiger partial charge in [0.15, 0.2) is 0 Å². The van der Waals surface area contributed by atoms with Crippen LogP contribution in [0.1, 0.15) is 66.2 Å². The molecule has 0 aliphatic heterocycles. The fraction of sp³-hybridized carbons (Fsp3) is 0.765. The van der Waals surface area contributed by atoms with Gasteiger partial charge in [-0.3, -0.25) is 0 Å². The van der Waals surface area contributed by atoms with E-state index in [1.165, 1.54) is 49.7 Å². The molecule has 2 unspecified atom stereocenters. The van der Waals surface area contributed by atoms with Crippen molar-refractivity contribution < 1.29 is 4.74 Å². The van der Waals surface area contributed by atoms with E-state index in [-0.39, 0.29) is 6.10 Å². The van der Waals surface area contributed by atoms with Gasteiger partial charge < -0.3 is 4.74 Å². The first-order chi connectivity index (χ1) is 8.63. The highest BCUT2D eigenvalue weighted by Crippen LogP contribution is 2.25. The van der Waals surface area contributed by atoms with Gasteiger partial charge in [-0.15, -0.1) is 0 Å². The molecule has 0 aromatic carbocycles. The number of rotatable bonds is 7. The van der Waals surface area contributed by atoms with E-state index in [1.54, 1.807) is 0 Å². The lowest BCUT2D eigenvalue weighted by Gasteiger charge is -2.23. The van der Waals surface area contributed by atoms with Crippen LogP contribution in [-0.4, -0.2) is 12.7 Å². The average Bonchev–Trinajstić information content (AvgIpc) is 2.35. The summed E-state index contributed by atoms with van der Waals surface area (Å²) < 4.78 is 5.99. The first-order valence-electron chi connectivity index (χ1n) is 7.59. The fourth-order valence-electron chi connectivity index (χ4n) is 2.56. The molecule has 0 aromatic heterocycles. The minimum absolute atomic E-state index is 0.261. The van der Waals surface area contributed by atoms with Crippen molar-refractivity contribution in [1.82, 2.24) is 0 Å². The Hall–Kier alpha value is -0.560. The Bertz CT molecular complexity index is 288. The van der Waals surface area contributed by atoms with Crippen LogP contribution in [0.25, 0.3) is 0 Å². The maximum atomic E-state index is 5.99. The number of hydrogen-bond donors (Lipinski definition) is 0. The Kier molecular flexibility index (Phi) is 7.34. The van der Waals surface area contributed by atoms with Crippen molar-refractivity contribution in [1.29, 1.82) is 0 Å². The summed E-state index contributed by atoms with van der Waals surface area (Å²) >= 11 is 0. The third kappa shape index (κ3) is 5.86. The smallest absolute Gasteiger partial charge is 0.0730 e. The van der Waals surface area contributed by atoms with Crippen molar-refractivity contribution >= 4 is 0 Å². The van der Waals surface area contributed by atoms with Crippen LogP contribution in [0.3, 0.4) is 0 Å². The molecular formula is C17H30O. The summed E-state index contributed by atoms with van der Waals surface area (Å²) in [7, 11) is 0. The molecule has 0 saturated heterocycles. The zero-order valence-electron chi connectivity index (χ0n) is 12.7. The summed E-state index contributed by atoms with van der Waals surface area (Å²) in [6, 6.07) is 0. The summed E-state index contributed by atoms with van der Waals surface area (Å²) in [4.78, 5) is 0. The molecule has 18 heavy (non-hydrogen) atoms. The highest BCUT2D eigenvalue weighted by molar-refractivity contribution is 5.07. The van der Waals surface area contributed by atoms with Crippen LogP contribution in [0.4, 0.5) is 0 Å². The van der Waals surface area contributed by atoms with Crippen LogP contribution in [-0.2, 0) is 4.74 Å². The van der Waals surface area contributed by atoms with Gasteiger partial charge in [0, 0.05) is 5.92 Å². The van der Waals surface area contributed by atoms with Crippen LogP contribution in [0.2, 0.25) is 0 Å². The quantitative estimate of drug-likeness (QED) is 0.559. The van der Waals surface area contributed by atoms with Crippen LogP contribution in [0, 0.1) is 5.92 Å². The summed E-state index contributed by atoms with van der Waals surface area (Å²) in [5, 5.41) is 0. The Morgan fingerprint density at radius 1 is 1.56 bits per heavy atom. The van der Waals surface area contributed by atoms with E-state index < -0.39 is 0 Å². The molecular weight excluding hydrogens is 220 g/mol. The predicted octanol–water partition coefficient (Wildman–Crippen LogP) is 5.27. The maximum Gasteiger partial charge on any atom is 0.0730 e. The molecule has 0 N–H and O–H groups in total. The van der Waals surface area contributed by atoms with E-state index >= 15 is 0 Å². The van der Waals surface area contributed by atoms with Crippen molar-refractivity contribution in [3.05, 3.63) is 23.3 Å². The largest absolute Gasteiger partial charge is 0.374 e. The minimum Gasteiger partial charge on any atom is -0.374 e. The molecule has 0 radical (unpaired) electrons. The summed E-state index contributed by atoms with van der Waals surface area (Å²) in [6.07, 6.45) is 12.6. The second kappa shape index (κ2) is 8.53. The zero-order chi connectivity index (χ0) is 13.4. The van der Waals surface area contributed by atoms with E-state index in [4.69, 9.17) is 4.74 Å². The Morgan fingerprint density at radius 3 is 3.00 bits per heavy atom. The van der Waals surface area contributed by atoms with Crippen molar-refractivity contribution in [3.8, 4) is 0 Å². The van der Waals surface area contributed by atoms with E-state index in [0.717, 1.165) is 6.61 Å². The lowest BCUT2D eigenvalue weighted by atomic mass is 9.89. The van der Waals surface area contributed by atoms with E-state index in [1.807, 2.05) is 0 Å². The molecule has 0 spiro atoms. The van der Waals surface area contributed by atoms with Gasteiger partial charge in [-0.25, -0.2) is 0 Å². The molecule has 0 aromatic rings. The molecule has 0 bridgehead atoms. The van der Waals surface area contributed by atoms with Crippen molar-refractivity contribution in [2.45, 2.75) is 72.3 Å². The van der Waals surface area contributed by atoms with Crippen LogP contribution >= 0.6 is 0 Å². The first kappa shape index (κ1) is 15.5. The van der Waals surface area contributed by atoms with Gasteiger partial charge in [0.2, 0.25) is 0 Å². The van der Waals surface area contributed by atoms with Crippen LogP contribution in [0.15, 0.2) is 23.3 Å². The van der Waals surface area contributed by atoms with Gasteiger partial charge in [-0.2, -0.15) is 0 Å². The Balaban J connectivity index is 2.29. The predicted molar refractivity (Wildman–Crippen MR) is 79.8 cm³/mol. The van der Waals surface area contributed by atoms with Crippen molar-refractivity contribution in [3.63, 3.8) is 0 Å². The highest BCUT2D eigenvalue weighted by Gasteiger charge is 2.15. The van der Waals surface area contributed by atoms with Gasteiger partial charge in [-0.1, -0.05) is 36.6 Å². The third-order valence-electron chi connectivity index (χ3n) is 3.87. The van der Waals surface area contributed by atoms with Gasteiger partial charge >= 0.3 is 0 Å². The minimum atomic E-state index is 0.261. The zero-order valence-corrected chi connectivity index (χ0v) is 12.7. The molecule has 1 nitrogen and oxygen atoms in total. The molecule has 1 aliphatic rings. The molecule has 1 rings (SSSR count). The molecule has 1 aliphatic carbocycles. The number of ether oxygens (including phenoxy) is 1. The normalized spacial score (nSPS) is 22.8. The number of unbranched alkanes of at least 4 members (excludes halogenated alkanes) is 1. The van der Waals surface area contributed by atoms with E-state index in [0.29, 0.717) is 5.92 Å². The van der Waals surface area contributed by atoms with Gasteiger partial charge in [0.05, 0.1) is 12.7 Å². The van der Waals surface area contributed by atoms with Crippen molar-refractivity contribution in [2.24, 2.45) is 5.92 Å². The molecule has 0 heterocycles. The average molecular weight is 250 g/mol. The fourth-order valence-corrected chi connectivity index (χ4v) is 2.56. The molecule has 0 saturated carbocycles. The summed E-state index contributed by atoms with van der Waals surface area (Å²) in [6.45, 7) is 9.77. The second-order valence-electron chi connectivity index (χ2n) is 5.73. The number of allylic oxidation sites excluding steroid dienone is 2. The molecule has 0 amide bonds. The summed E-state index contributed by atoms with van der Waals surface area (Å²) in [5.41, 5.74) is 3.00. The monoisotopic (exact) mass is 250 g/mol. The van der Waals surface area contributed by atoms with Crippen LogP contribution < -0.4 is 0 Å². The van der Waals surface area contributed by atoms with Crippen LogP contribution in [0.5, 0.6) is 0 Å². The molecule has 2 atom stereocenters. The molecule has 104 valence electrons. The second-order valence-corrected chi connectivity index (χ2v) is 5.73. The van der Waals surface area contributed by atoms with Gasteiger partial charge in [0.1, 0.15) is 0 Å². The lowest BCUT2D eigenvalue weighted by Crippen LogP contribution is -2.17. The standard InChI is InChI=1S/C17H30O/c1-5-6-9-14(2)12-16(4)18-13-17-11-8-7-10-15(17)3/h10,12,16-17H,5-9,11,13H2,1-4H3/b14-12-. The molecule has 1 heteroatoms. The molecule has 0 fully saturated rings. The summed E-state index contributed by atoms with van der Waals surface area (Å²) in [5.74, 6) is 0.658. The van der Waals surface area contributed by atoms with E-state index in [2.05, 4.69) is 39.8 Å². The third-order valence-corrected chi connectivity index (χ3v) is 3.87. The Labute approximate surface area is 113 Å². The highest BCUT2D eigenvalue weighted by atomic mass is 16.5. The SMILES string of the molecule is CCCC/C(C)=C\C(C)OCC1CCCC=C1C. The maximum absolute atomic E-state index is 5.99. The van der Waals surface area contributed by atoms with E-state index in [9.17, 15) is 0 Å². The lowest BCUT2D eigenvalue weighted by molar-refractivity contribution is 0.0716. The van der Waals surface area contributed by atoms with Gasteiger partial charge in [0.25, 0.3) is 0 Å². The van der Waals surface area contributed by atoms with Crippen molar-refractivity contribution in [2.75, 3.05) is 6.61 Å². The first-order valence-corrected chi connectivity index (χ1v) is 7.59. The van der Waals surface area contributed by atoms with Gasteiger partial charge in [-0.05, 0) is 52.9 Å². The topological polar surface area (TPSA) is 9.23 Å². The number of hydrogen-bond acceptors (Lipinski definition) is 1. The Morgan fingerprint density at radius 2 is 2.33 bits per heavy atom.